The topological polar surface area (TPSA) is 67.8 Å². The summed E-state index contributed by atoms with van der Waals surface area (Å²) in [7, 11) is 1.55. The SMILES string of the molecule is COc1cc(CNc2ccc(C(=O)O)cc2C)cc(Br)c1OCc1ccc(F)cc1Cl. The Hall–Kier alpha value is -2.77. The van der Waals surface area contributed by atoms with Gasteiger partial charge in [-0.15, -0.1) is 0 Å². The Kier molecular flexibility index (Phi) is 7.41. The van der Waals surface area contributed by atoms with E-state index >= 15 is 0 Å². The lowest BCUT2D eigenvalue weighted by atomic mass is 10.1. The van der Waals surface area contributed by atoms with Crippen LogP contribution in [-0.4, -0.2) is 18.2 Å². The maximum Gasteiger partial charge on any atom is 0.335 e. The molecule has 3 aromatic rings. The Labute approximate surface area is 192 Å². The van der Waals surface area contributed by atoms with Gasteiger partial charge in [0.15, 0.2) is 11.5 Å². The zero-order chi connectivity index (χ0) is 22.5. The quantitative estimate of drug-likeness (QED) is 0.366. The summed E-state index contributed by atoms with van der Waals surface area (Å²) >= 11 is 9.59. The molecule has 0 saturated heterocycles. The third kappa shape index (κ3) is 5.68. The van der Waals surface area contributed by atoms with Gasteiger partial charge in [0.25, 0.3) is 0 Å². The molecule has 2 N–H and O–H groups in total. The second-order valence-corrected chi connectivity index (χ2v) is 8.08. The first-order valence-corrected chi connectivity index (χ1v) is 10.5. The van der Waals surface area contributed by atoms with Crippen LogP contribution in [0.15, 0.2) is 53.0 Å². The molecule has 0 fully saturated rings. The average molecular weight is 509 g/mol. The van der Waals surface area contributed by atoms with Gasteiger partial charge >= 0.3 is 5.97 Å². The van der Waals surface area contributed by atoms with Crippen LogP contribution in [0.5, 0.6) is 11.5 Å². The Morgan fingerprint density at radius 3 is 2.61 bits per heavy atom. The highest BCUT2D eigenvalue weighted by Crippen LogP contribution is 2.38. The molecule has 0 radical (unpaired) electrons. The smallest absolute Gasteiger partial charge is 0.335 e. The first kappa shape index (κ1) is 22.9. The summed E-state index contributed by atoms with van der Waals surface area (Å²) in [5.41, 5.74) is 3.50. The Bertz CT molecular complexity index is 1120. The van der Waals surface area contributed by atoms with Crippen molar-refractivity contribution in [2.75, 3.05) is 12.4 Å². The molecule has 0 aliphatic heterocycles. The molecular weight excluding hydrogens is 489 g/mol. The highest BCUT2D eigenvalue weighted by molar-refractivity contribution is 9.10. The number of carboxylic acid groups (broad SMARTS) is 1. The number of carbonyl (C=O) groups is 1. The van der Waals surface area contributed by atoms with Gasteiger partial charge in [-0.1, -0.05) is 17.7 Å². The summed E-state index contributed by atoms with van der Waals surface area (Å²) in [5, 5.41) is 12.7. The van der Waals surface area contributed by atoms with Crippen molar-refractivity contribution in [2.24, 2.45) is 0 Å². The summed E-state index contributed by atoms with van der Waals surface area (Å²) in [6.45, 7) is 2.50. The van der Waals surface area contributed by atoms with Crippen LogP contribution in [0.1, 0.15) is 27.0 Å². The summed E-state index contributed by atoms with van der Waals surface area (Å²) in [5.74, 6) is -0.325. The number of halogens is 3. The minimum Gasteiger partial charge on any atom is -0.493 e. The molecule has 0 amide bonds. The molecule has 0 atom stereocenters. The number of carboxylic acids is 1. The van der Waals surface area contributed by atoms with Crippen LogP contribution in [0.4, 0.5) is 10.1 Å². The predicted octanol–water partition coefficient (Wildman–Crippen LogP) is 6.45. The molecule has 31 heavy (non-hydrogen) atoms. The van der Waals surface area contributed by atoms with E-state index in [0.29, 0.717) is 33.1 Å². The van der Waals surface area contributed by atoms with E-state index < -0.39 is 11.8 Å². The number of ether oxygens (including phenoxy) is 2. The molecule has 0 aliphatic carbocycles. The van der Waals surface area contributed by atoms with E-state index in [0.717, 1.165) is 16.8 Å². The Morgan fingerprint density at radius 2 is 1.97 bits per heavy atom. The number of methoxy groups -OCH3 is 1. The van der Waals surface area contributed by atoms with E-state index in [1.54, 1.807) is 31.4 Å². The lowest BCUT2D eigenvalue weighted by Gasteiger charge is -2.16. The molecule has 0 spiro atoms. The molecule has 0 aromatic heterocycles. The molecule has 3 aromatic carbocycles. The maximum absolute atomic E-state index is 13.2. The van der Waals surface area contributed by atoms with Crippen molar-refractivity contribution in [3.8, 4) is 11.5 Å². The fraction of sp³-hybridized carbons (Fsp3) is 0.174. The number of rotatable bonds is 8. The minimum absolute atomic E-state index is 0.154. The molecule has 0 aliphatic rings. The molecule has 8 heteroatoms. The highest BCUT2D eigenvalue weighted by atomic mass is 79.9. The normalized spacial score (nSPS) is 10.6. The average Bonchev–Trinajstić information content (AvgIpc) is 2.72. The van der Waals surface area contributed by atoms with Crippen molar-refractivity contribution in [2.45, 2.75) is 20.1 Å². The van der Waals surface area contributed by atoms with Crippen molar-refractivity contribution >= 4 is 39.2 Å². The summed E-state index contributed by atoms with van der Waals surface area (Å²) < 4.78 is 25.3. The van der Waals surface area contributed by atoms with Gasteiger partial charge < -0.3 is 19.9 Å². The number of hydrogen-bond acceptors (Lipinski definition) is 4. The van der Waals surface area contributed by atoms with Crippen LogP contribution in [0.3, 0.4) is 0 Å². The van der Waals surface area contributed by atoms with Gasteiger partial charge in [-0.2, -0.15) is 0 Å². The molecule has 162 valence electrons. The molecule has 0 heterocycles. The van der Waals surface area contributed by atoms with Gasteiger partial charge in [0.05, 0.1) is 22.2 Å². The Morgan fingerprint density at radius 1 is 1.19 bits per heavy atom. The number of nitrogens with one attached hydrogen (secondary N) is 1. The third-order valence-corrected chi connectivity index (χ3v) is 5.57. The number of anilines is 1. The first-order chi connectivity index (χ1) is 14.8. The predicted molar refractivity (Wildman–Crippen MR) is 122 cm³/mol. The van der Waals surface area contributed by atoms with Crippen LogP contribution in [0, 0.1) is 12.7 Å². The fourth-order valence-corrected chi connectivity index (χ4v) is 3.82. The zero-order valence-corrected chi connectivity index (χ0v) is 19.2. The molecule has 0 unspecified atom stereocenters. The van der Waals surface area contributed by atoms with E-state index in [9.17, 15) is 9.18 Å². The van der Waals surface area contributed by atoms with Gasteiger partial charge in [-0.05, 0) is 76.4 Å². The lowest BCUT2D eigenvalue weighted by molar-refractivity contribution is 0.0697. The van der Waals surface area contributed by atoms with E-state index in [1.165, 1.54) is 12.1 Å². The van der Waals surface area contributed by atoms with Crippen molar-refractivity contribution in [3.63, 3.8) is 0 Å². The van der Waals surface area contributed by atoms with Crippen molar-refractivity contribution in [1.29, 1.82) is 0 Å². The van der Waals surface area contributed by atoms with Crippen molar-refractivity contribution in [3.05, 3.63) is 86.1 Å². The van der Waals surface area contributed by atoms with Gasteiger partial charge in [0, 0.05) is 17.8 Å². The number of aromatic carboxylic acids is 1. The van der Waals surface area contributed by atoms with Gasteiger partial charge in [0.1, 0.15) is 12.4 Å². The molecule has 0 bridgehead atoms. The molecule has 5 nitrogen and oxygen atoms in total. The minimum atomic E-state index is -0.958. The number of benzene rings is 3. The van der Waals surface area contributed by atoms with Crippen LogP contribution in [0.25, 0.3) is 0 Å². The summed E-state index contributed by atoms with van der Waals surface area (Å²) in [6.07, 6.45) is 0. The summed E-state index contributed by atoms with van der Waals surface area (Å²) in [6, 6.07) is 12.8. The van der Waals surface area contributed by atoms with Gasteiger partial charge in [-0.3, -0.25) is 0 Å². The lowest BCUT2D eigenvalue weighted by Crippen LogP contribution is -2.05. The highest BCUT2D eigenvalue weighted by Gasteiger charge is 2.14. The van der Waals surface area contributed by atoms with E-state index in [2.05, 4.69) is 21.2 Å². The largest absolute Gasteiger partial charge is 0.493 e. The van der Waals surface area contributed by atoms with E-state index in [4.69, 9.17) is 26.2 Å². The number of hydrogen-bond donors (Lipinski definition) is 2. The van der Waals surface area contributed by atoms with Gasteiger partial charge in [-0.25, -0.2) is 9.18 Å². The fourth-order valence-electron chi connectivity index (χ4n) is 3.00. The number of aryl methyl sites for hydroxylation is 1. The first-order valence-electron chi connectivity index (χ1n) is 9.29. The van der Waals surface area contributed by atoms with Crippen LogP contribution in [-0.2, 0) is 13.2 Å². The van der Waals surface area contributed by atoms with Crippen LogP contribution in [0.2, 0.25) is 5.02 Å². The standard InChI is InChI=1S/C23H20BrClFNO4/c1-13-7-15(23(28)29)4-6-20(13)27-11-14-8-18(24)22(21(9-14)30-2)31-12-16-3-5-17(26)10-19(16)25/h3-10,27H,11-12H2,1-2H3,(H,28,29). The Balaban J connectivity index is 1.73. The summed E-state index contributed by atoms with van der Waals surface area (Å²) in [4.78, 5) is 11.1. The van der Waals surface area contributed by atoms with Crippen molar-refractivity contribution < 1.29 is 23.8 Å². The van der Waals surface area contributed by atoms with Gasteiger partial charge in [0.2, 0.25) is 0 Å². The third-order valence-electron chi connectivity index (χ3n) is 4.63. The molecule has 3 rings (SSSR count). The second-order valence-electron chi connectivity index (χ2n) is 6.82. The monoisotopic (exact) mass is 507 g/mol. The molecule has 0 saturated carbocycles. The zero-order valence-electron chi connectivity index (χ0n) is 16.8. The second kappa shape index (κ2) is 10.0. The maximum atomic E-state index is 13.2. The van der Waals surface area contributed by atoms with E-state index in [1.807, 2.05) is 19.1 Å². The molecular formula is C23H20BrClFNO4. The van der Waals surface area contributed by atoms with Crippen molar-refractivity contribution in [1.82, 2.24) is 0 Å². The van der Waals surface area contributed by atoms with Crippen LogP contribution >= 0.6 is 27.5 Å². The van der Waals surface area contributed by atoms with E-state index in [-0.39, 0.29) is 12.2 Å². The van der Waals surface area contributed by atoms with Crippen LogP contribution < -0.4 is 14.8 Å².